The fraction of sp³-hybridized carbons (Fsp3) is 0.409. The average Bonchev–Trinajstić information content (AvgIpc) is 3.14. The van der Waals surface area contributed by atoms with Crippen LogP contribution in [0.4, 0.5) is 0 Å². The normalized spacial score (nSPS) is 26.1. The van der Waals surface area contributed by atoms with Crippen LogP contribution in [0.3, 0.4) is 0 Å². The van der Waals surface area contributed by atoms with Crippen LogP contribution < -0.4 is 10.1 Å². The highest BCUT2D eigenvalue weighted by Crippen LogP contribution is 2.43. The number of hydrogen-bond acceptors (Lipinski definition) is 4. The van der Waals surface area contributed by atoms with Crippen molar-refractivity contribution in [2.24, 2.45) is 11.8 Å². The van der Waals surface area contributed by atoms with Crippen LogP contribution in [0.1, 0.15) is 16.8 Å². The van der Waals surface area contributed by atoms with Gasteiger partial charge in [-0.2, -0.15) is 0 Å². The number of benzene rings is 2. The fourth-order valence-electron chi connectivity index (χ4n) is 4.38. The van der Waals surface area contributed by atoms with Crippen LogP contribution >= 0.6 is 0 Å². The molecule has 2 aromatic rings. The second-order valence-electron chi connectivity index (χ2n) is 7.19. The minimum Gasteiger partial charge on any atom is -0.496 e. The van der Waals surface area contributed by atoms with Crippen molar-refractivity contribution in [3.63, 3.8) is 0 Å². The zero-order valence-electron chi connectivity index (χ0n) is 15.7. The quantitative estimate of drug-likeness (QED) is 0.852. The third kappa shape index (κ3) is 3.33. The lowest BCUT2D eigenvalue weighted by molar-refractivity contribution is -0.0809. The van der Waals surface area contributed by atoms with Crippen molar-refractivity contribution in [1.29, 1.82) is 0 Å². The molecule has 1 aliphatic heterocycles. The molecule has 142 valence electrons. The number of carbonyl (C=O) groups is 1. The van der Waals surface area contributed by atoms with Crippen LogP contribution in [0, 0.1) is 11.8 Å². The molecule has 2 fully saturated rings. The molecule has 0 bridgehead atoms. The highest BCUT2D eigenvalue weighted by molar-refractivity contribution is 5.96. The van der Waals surface area contributed by atoms with Gasteiger partial charge in [0.15, 0.2) is 0 Å². The first-order chi connectivity index (χ1) is 13.2. The molecule has 1 saturated heterocycles. The fourth-order valence-corrected chi connectivity index (χ4v) is 4.38. The monoisotopic (exact) mass is 367 g/mol. The number of amides is 1. The van der Waals surface area contributed by atoms with Gasteiger partial charge in [0.1, 0.15) is 5.75 Å². The van der Waals surface area contributed by atoms with Crippen molar-refractivity contribution in [1.82, 2.24) is 5.32 Å². The van der Waals surface area contributed by atoms with E-state index in [4.69, 9.17) is 14.2 Å². The van der Waals surface area contributed by atoms with Gasteiger partial charge in [0.2, 0.25) is 0 Å². The molecule has 4 rings (SSSR count). The highest BCUT2D eigenvalue weighted by atomic mass is 16.5. The standard InChI is InChI=1S/C22H25NO4/c1-25-13-18-20(17-10-11-27-21(17)18)23-22(24)15-7-5-6-14(12-15)16-8-3-4-9-19(16)26-2/h3-9,12,17-18,20-21H,10-11,13H2,1-2H3,(H,23,24)/t17-,18-,20-,21-/m0/s1. The second-order valence-corrected chi connectivity index (χ2v) is 7.19. The molecule has 1 N–H and O–H groups in total. The van der Waals surface area contributed by atoms with Crippen molar-refractivity contribution >= 4 is 5.91 Å². The molecule has 0 spiro atoms. The molecule has 2 aliphatic rings. The van der Waals surface area contributed by atoms with E-state index in [9.17, 15) is 4.79 Å². The van der Waals surface area contributed by atoms with E-state index in [1.807, 2.05) is 48.5 Å². The number of hydrogen-bond donors (Lipinski definition) is 1. The molecular formula is C22H25NO4. The highest BCUT2D eigenvalue weighted by Gasteiger charge is 2.54. The van der Waals surface area contributed by atoms with Crippen LogP contribution in [-0.2, 0) is 9.47 Å². The lowest BCUT2D eigenvalue weighted by Gasteiger charge is -2.47. The lowest BCUT2D eigenvalue weighted by Crippen LogP contribution is -2.62. The van der Waals surface area contributed by atoms with Crippen LogP contribution in [0.15, 0.2) is 48.5 Å². The largest absolute Gasteiger partial charge is 0.496 e. The summed E-state index contributed by atoms with van der Waals surface area (Å²) in [5, 5.41) is 3.22. The van der Waals surface area contributed by atoms with E-state index in [-0.39, 0.29) is 24.0 Å². The predicted molar refractivity (Wildman–Crippen MR) is 103 cm³/mol. The summed E-state index contributed by atoms with van der Waals surface area (Å²) in [6, 6.07) is 15.6. The van der Waals surface area contributed by atoms with Gasteiger partial charge in [0.05, 0.1) is 19.8 Å². The van der Waals surface area contributed by atoms with Crippen LogP contribution in [0.5, 0.6) is 5.75 Å². The maximum Gasteiger partial charge on any atom is 0.251 e. The predicted octanol–water partition coefficient (Wildman–Crippen LogP) is 3.14. The first kappa shape index (κ1) is 18.0. The minimum atomic E-state index is -0.0526. The molecule has 5 nitrogen and oxygen atoms in total. The summed E-state index contributed by atoms with van der Waals surface area (Å²) in [5.74, 6) is 1.36. The number of methoxy groups -OCH3 is 2. The van der Waals surface area contributed by atoms with Crippen LogP contribution in [0.25, 0.3) is 11.1 Å². The Morgan fingerprint density at radius 1 is 1.19 bits per heavy atom. The minimum absolute atomic E-state index is 0.0526. The van der Waals surface area contributed by atoms with Crippen molar-refractivity contribution < 1.29 is 19.0 Å². The van der Waals surface area contributed by atoms with Gasteiger partial charge in [-0.25, -0.2) is 0 Å². The van der Waals surface area contributed by atoms with Gasteiger partial charge in [-0.05, 0) is 30.2 Å². The first-order valence-corrected chi connectivity index (χ1v) is 9.38. The Labute approximate surface area is 159 Å². The summed E-state index contributed by atoms with van der Waals surface area (Å²) in [4.78, 5) is 12.9. The number of carbonyl (C=O) groups excluding carboxylic acids is 1. The van der Waals surface area contributed by atoms with E-state index in [1.165, 1.54) is 0 Å². The molecule has 2 aromatic carbocycles. The summed E-state index contributed by atoms with van der Waals surface area (Å²) in [6.07, 6.45) is 1.21. The maximum absolute atomic E-state index is 12.9. The van der Waals surface area contributed by atoms with Crippen molar-refractivity contribution in [2.45, 2.75) is 18.6 Å². The van der Waals surface area contributed by atoms with Crippen LogP contribution in [0.2, 0.25) is 0 Å². The number of rotatable bonds is 6. The van der Waals surface area contributed by atoms with Gasteiger partial charge in [0.25, 0.3) is 5.91 Å². The molecule has 1 heterocycles. The van der Waals surface area contributed by atoms with Gasteiger partial charge in [-0.3, -0.25) is 4.79 Å². The van der Waals surface area contributed by atoms with E-state index in [0.29, 0.717) is 18.1 Å². The Bertz CT molecular complexity index is 821. The summed E-state index contributed by atoms with van der Waals surface area (Å²) < 4.78 is 16.6. The first-order valence-electron chi connectivity index (χ1n) is 9.38. The third-order valence-electron chi connectivity index (χ3n) is 5.73. The lowest BCUT2D eigenvalue weighted by atomic mass is 9.67. The van der Waals surface area contributed by atoms with Gasteiger partial charge >= 0.3 is 0 Å². The van der Waals surface area contributed by atoms with Crippen LogP contribution in [-0.4, -0.2) is 45.5 Å². The van der Waals surface area contributed by atoms with Gasteiger partial charge < -0.3 is 19.5 Å². The molecule has 0 unspecified atom stereocenters. The third-order valence-corrected chi connectivity index (χ3v) is 5.73. The smallest absolute Gasteiger partial charge is 0.251 e. The molecular weight excluding hydrogens is 342 g/mol. The molecule has 0 aromatic heterocycles. The zero-order valence-corrected chi connectivity index (χ0v) is 15.7. The molecule has 4 atom stereocenters. The van der Waals surface area contributed by atoms with E-state index in [1.54, 1.807) is 14.2 Å². The number of fused-ring (bicyclic) bond motifs is 1. The van der Waals surface area contributed by atoms with Gasteiger partial charge in [-0.15, -0.1) is 0 Å². The topological polar surface area (TPSA) is 56.8 Å². The molecule has 0 radical (unpaired) electrons. The second kappa shape index (κ2) is 7.71. The van der Waals surface area contributed by atoms with E-state index in [0.717, 1.165) is 29.9 Å². The zero-order chi connectivity index (χ0) is 18.8. The Morgan fingerprint density at radius 3 is 2.85 bits per heavy atom. The number of nitrogens with one attached hydrogen (secondary N) is 1. The number of ether oxygens (including phenoxy) is 3. The molecule has 1 aliphatic carbocycles. The Balaban J connectivity index is 1.53. The summed E-state index contributed by atoms with van der Waals surface area (Å²) in [7, 11) is 3.35. The summed E-state index contributed by atoms with van der Waals surface area (Å²) in [5.41, 5.74) is 2.58. The average molecular weight is 367 g/mol. The van der Waals surface area contributed by atoms with Crippen molar-refractivity contribution in [3.05, 3.63) is 54.1 Å². The maximum atomic E-state index is 12.9. The Morgan fingerprint density at radius 2 is 2.04 bits per heavy atom. The molecule has 27 heavy (non-hydrogen) atoms. The summed E-state index contributed by atoms with van der Waals surface area (Å²) in [6.45, 7) is 1.37. The van der Waals surface area contributed by atoms with Crippen molar-refractivity contribution in [2.75, 3.05) is 27.4 Å². The molecule has 1 amide bonds. The Hall–Kier alpha value is -2.37. The Kier molecular flexibility index (Phi) is 5.14. The van der Waals surface area contributed by atoms with E-state index in [2.05, 4.69) is 5.32 Å². The van der Waals surface area contributed by atoms with E-state index >= 15 is 0 Å². The van der Waals surface area contributed by atoms with E-state index < -0.39 is 0 Å². The molecule has 1 saturated carbocycles. The SMILES string of the molecule is COC[C@H]1[C@@H](NC(=O)c2cccc(-c3ccccc3OC)c2)[C@@H]2CCO[C@@H]21. The van der Waals surface area contributed by atoms with Gasteiger partial charge in [0, 0.05) is 42.7 Å². The van der Waals surface area contributed by atoms with Crippen molar-refractivity contribution in [3.8, 4) is 16.9 Å². The summed E-state index contributed by atoms with van der Waals surface area (Å²) >= 11 is 0. The number of para-hydroxylation sites is 1. The van der Waals surface area contributed by atoms with Gasteiger partial charge in [-0.1, -0.05) is 30.3 Å². The molecule has 5 heteroatoms.